The van der Waals surface area contributed by atoms with Crippen LogP contribution in [0.2, 0.25) is 0 Å². The number of aryl methyl sites for hydroxylation is 1. The Morgan fingerprint density at radius 2 is 2.00 bits per heavy atom. The molecule has 0 radical (unpaired) electrons. The van der Waals surface area contributed by atoms with E-state index in [4.69, 9.17) is 14.2 Å². The van der Waals surface area contributed by atoms with Crippen LogP contribution in [0.5, 0.6) is 11.5 Å². The van der Waals surface area contributed by atoms with Gasteiger partial charge >= 0.3 is 0 Å². The van der Waals surface area contributed by atoms with Gasteiger partial charge in [0.25, 0.3) is 15.9 Å². The Balaban J connectivity index is 1.42. The number of carbonyl (C=O) groups is 2. The minimum absolute atomic E-state index is 0.0333. The Labute approximate surface area is 199 Å². The van der Waals surface area contributed by atoms with E-state index in [2.05, 4.69) is 4.72 Å². The van der Waals surface area contributed by atoms with Gasteiger partial charge in [0.2, 0.25) is 5.91 Å². The maximum Gasteiger partial charge on any atom is 0.264 e. The van der Waals surface area contributed by atoms with E-state index in [1.165, 1.54) is 11.0 Å². The van der Waals surface area contributed by atoms with E-state index < -0.39 is 15.9 Å². The zero-order chi connectivity index (χ0) is 24.3. The standard InChI is InChI=1S/C24H28N2O7S/c1-16-6-3-4-7-21(16)34(29,30)25-22(27)15-26-14-18(13-23(26)28)17-9-10-19(31-2)20(12-17)33-24-8-5-11-32-24/h3-4,6-7,9-10,12,18,24H,5,8,11,13-15H2,1-2H3,(H,25,27)/t18-,24?/m1/s1. The lowest BCUT2D eigenvalue weighted by Crippen LogP contribution is -2.40. The lowest BCUT2D eigenvalue weighted by molar-refractivity contribution is -0.132. The number of amides is 2. The maximum absolute atomic E-state index is 12.6. The molecule has 0 bridgehead atoms. The first-order valence-electron chi connectivity index (χ1n) is 11.1. The summed E-state index contributed by atoms with van der Waals surface area (Å²) in [4.78, 5) is 26.5. The average Bonchev–Trinajstić information content (AvgIpc) is 3.43. The van der Waals surface area contributed by atoms with Gasteiger partial charge in [-0.2, -0.15) is 0 Å². The molecule has 1 unspecified atom stereocenters. The molecule has 4 rings (SSSR count). The van der Waals surface area contributed by atoms with E-state index in [-0.39, 0.29) is 36.0 Å². The molecule has 182 valence electrons. The minimum atomic E-state index is -4.02. The van der Waals surface area contributed by atoms with Gasteiger partial charge in [0, 0.05) is 25.3 Å². The third-order valence-electron chi connectivity index (χ3n) is 5.99. The smallest absolute Gasteiger partial charge is 0.264 e. The molecular formula is C24H28N2O7S. The van der Waals surface area contributed by atoms with Crippen LogP contribution in [0.25, 0.3) is 0 Å². The SMILES string of the molecule is COc1ccc([C@@H]2CC(=O)N(CC(=O)NS(=O)(=O)c3ccccc3C)C2)cc1OC1CCCO1. The van der Waals surface area contributed by atoms with E-state index in [1.54, 1.807) is 38.3 Å². The summed E-state index contributed by atoms with van der Waals surface area (Å²) in [6.07, 6.45) is 1.61. The van der Waals surface area contributed by atoms with Crippen LogP contribution >= 0.6 is 0 Å². The number of carbonyl (C=O) groups excluding carboxylic acids is 2. The highest BCUT2D eigenvalue weighted by molar-refractivity contribution is 7.90. The molecule has 2 amide bonds. The van der Waals surface area contributed by atoms with Gasteiger partial charge < -0.3 is 19.1 Å². The monoisotopic (exact) mass is 488 g/mol. The molecular weight excluding hydrogens is 460 g/mol. The van der Waals surface area contributed by atoms with Crippen molar-refractivity contribution < 1.29 is 32.2 Å². The summed E-state index contributed by atoms with van der Waals surface area (Å²) in [5, 5.41) is 0. The molecule has 0 spiro atoms. The zero-order valence-electron chi connectivity index (χ0n) is 19.2. The molecule has 2 aliphatic rings. The van der Waals surface area contributed by atoms with E-state index in [0.717, 1.165) is 18.4 Å². The number of sulfonamides is 1. The van der Waals surface area contributed by atoms with Gasteiger partial charge in [0.1, 0.15) is 6.54 Å². The summed E-state index contributed by atoms with van der Waals surface area (Å²) in [6.45, 7) is 2.26. The van der Waals surface area contributed by atoms with Crippen molar-refractivity contribution in [2.24, 2.45) is 0 Å². The second-order valence-electron chi connectivity index (χ2n) is 8.44. The number of likely N-dealkylation sites (tertiary alicyclic amines) is 1. The van der Waals surface area contributed by atoms with Gasteiger partial charge in [-0.25, -0.2) is 13.1 Å². The Bertz CT molecular complexity index is 1180. The number of nitrogens with zero attached hydrogens (tertiary/aromatic N) is 1. The molecule has 9 nitrogen and oxygen atoms in total. The molecule has 34 heavy (non-hydrogen) atoms. The second kappa shape index (κ2) is 10.0. The summed E-state index contributed by atoms with van der Waals surface area (Å²) in [6, 6.07) is 11.9. The quantitative estimate of drug-likeness (QED) is 0.607. The lowest BCUT2D eigenvalue weighted by Gasteiger charge is -2.19. The number of benzene rings is 2. The van der Waals surface area contributed by atoms with Crippen LogP contribution < -0.4 is 14.2 Å². The van der Waals surface area contributed by atoms with Crippen molar-refractivity contribution in [2.75, 3.05) is 26.8 Å². The molecule has 2 atom stereocenters. The van der Waals surface area contributed by atoms with Crippen LogP contribution in [0.3, 0.4) is 0 Å². The summed E-state index contributed by atoms with van der Waals surface area (Å²) in [5.74, 6) is -0.0210. The van der Waals surface area contributed by atoms with Crippen LogP contribution in [0.4, 0.5) is 0 Å². The Morgan fingerprint density at radius 3 is 2.71 bits per heavy atom. The van der Waals surface area contributed by atoms with Crippen LogP contribution in [0.1, 0.15) is 36.3 Å². The van der Waals surface area contributed by atoms with Gasteiger partial charge in [-0.05, 0) is 42.7 Å². The highest BCUT2D eigenvalue weighted by atomic mass is 32.2. The normalized spacial score (nSPS) is 20.4. The minimum Gasteiger partial charge on any atom is -0.493 e. The molecule has 0 saturated carbocycles. The van der Waals surface area contributed by atoms with Gasteiger partial charge in [-0.1, -0.05) is 24.3 Å². The van der Waals surface area contributed by atoms with Crippen LogP contribution in [-0.2, 0) is 24.3 Å². The average molecular weight is 489 g/mol. The first kappa shape index (κ1) is 24.0. The van der Waals surface area contributed by atoms with Gasteiger partial charge in [0.05, 0.1) is 18.6 Å². The van der Waals surface area contributed by atoms with Gasteiger partial charge in [-0.15, -0.1) is 0 Å². The summed E-state index contributed by atoms with van der Waals surface area (Å²) < 4.78 is 44.1. The molecule has 2 saturated heterocycles. The highest BCUT2D eigenvalue weighted by Gasteiger charge is 2.33. The fourth-order valence-electron chi connectivity index (χ4n) is 4.24. The van der Waals surface area contributed by atoms with Crippen molar-refractivity contribution in [3.63, 3.8) is 0 Å². The number of hydrogen-bond donors (Lipinski definition) is 1. The van der Waals surface area contributed by atoms with E-state index in [1.807, 2.05) is 12.1 Å². The van der Waals surface area contributed by atoms with Crippen molar-refractivity contribution in [2.45, 2.75) is 43.3 Å². The van der Waals surface area contributed by atoms with E-state index >= 15 is 0 Å². The molecule has 2 aliphatic heterocycles. The first-order chi connectivity index (χ1) is 16.3. The van der Waals surface area contributed by atoms with Crippen molar-refractivity contribution >= 4 is 21.8 Å². The zero-order valence-corrected chi connectivity index (χ0v) is 20.0. The number of nitrogens with one attached hydrogen (secondary N) is 1. The second-order valence-corrected chi connectivity index (χ2v) is 10.1. The molecule has 2 aromatic rings. The van der Waals surface area contributed by atoms with Crippen molar-refractivity contribution in [3.8, 4) is 11.5 Å². The Kier molecular flexibility index (Phi) is 7.08. The fraction of sp³-hybridized carbons (Fsp3) is 0.417. The maximum atomic E-state index is 12.6. The molecule has 0 aliphatic carbocycles. The number of methoxy groups -OCH3 is 1. The predicted molar refractivity (Wildman–Crippen MR) is 123 cm³/mol. The van der Waals surface area contributed by atoms with Gasteiger partial charge in [0.15, 0.2) is 17.8 Å². The van der Waals surface area contributed by atoms with Crippen LogP contribution in [-0.4, -0.2) is 58.2 Å². The first-order valence-corrected chi connectivity index (χ1v) is 12.6. The van der Waals surface area contributed by atoms with Crippen molar-refractivity contribution in [1.29, 1.82) is 0 Å². The molecule has 2 aromatic carbocycles. The van der Waals surface area contributed by atoms with E-state index in [0.29, 0.717) is 30.2 Å². The Morgan fingerprint density at radius 1 is 1.21 bits per heavy atom. The molecule has 10 heteroatoms. The summed E-state index contributed by atoms with van der Waals surface area (Å²) >= 11 is 0. The highest BCUT2D eigenvalue weighted by Crippen LogP contribution is 2.36. The molecule has 1 N–H and O–H groups in total. The van der Waals surface area contributed by atoms with Crippen LogP contribution in [0.15, 0.2) is 47.4 Å². The third-order valence-corrected chi connectivity index (χ3v) is 7.52. The fourth-order valence-corrected chi connectivity index (χ4v) is 5.46. The predicted octanol–water partition coefficient (Wildman–Crippen LogP) is 2.34. The van der Waals surface area contributed by atoms with Crippen LogP contribution in [0, 0.1) is 6.92 Å². The molecule has 2 fully saturated rings. The molecule has 0 aromatic heterocycles. The number of rotatable bonds is 8. The number of ether oxygens (including phenoxy) is 3. The van der Waals surface area contributed by atoms with Crippen molar-refractivity contribution in [3.05, 3.63) is 53.6 Å². The Hall–Kier alpha value is -3.11. The van der Waals surface area contributed by atoms with E-state index in [9.17, 15) is 18.0 Å². The molecule has 2 heterocycles. The topological polar surface area (TPSA) is 111 Å². The summed E-state index contributed by atoms with van der Waals surface area (Å²) in [7, 11) is -2.46. The number of hydrogen-bond acceptors (Lipinski definition) is 7. The van der Waals surface area contributed by atoms with Gasteiger partial charge in [-0.3, -0.25) is 9.59 Å². The largest absolute Gasteiger partial charge is 0.493 e. The third kappa shape index (κ3) is 5.34. The summed E-state index contributed by atoms with van der Waals surface area (Å²) in [5.41, 5.74) is 1.40. The lowest BCUT2D eigenvalue weighted by atomic mass is 9.98. The van der Waals surface area contributed by atoms with Crippen molar-refractivity contribution in [1.82, 2.24) is 9.62 Å².